The first-order valence-corrected chi connectivity index (χ1v) is 6.74. The average molecular weight is 283 g/mol. The summed E-state index contributed by atoms with van der Waals surface area (Å²) in [6.45, 7) is 4.21. The second-order valence-corrected chi connectivity index (χ2v) is 4.86. The normalized spacial score (nSPS) is 11.7. The van der Waals surface area contributed by atoms with Crippen molar-refractivity contribution in [1.82, 2.24) is 10.6 Å². The van der Waals surface area contributed by atoms with Crippen LogP contribution < -0.4 is 10.6 Å². The topological polar surface area (TPSA) is 58.2 Å². The van der Waals surface area contributed by atoms with E-state index in [1.165, 1.54) is 0 Å². The van der Waals surface area contributed by atoms with Gasteiger partial charge in [0.1, 0.15) is 0 Å². The van der Waals surface area contributed by atoms with E-state index < -0.39 is 11.8 Å². The minimum atomic E-state index is -0.595. The van der Waals surface area contributed by atoms with Crippen LogP contribution in [0.1, 0.15) is 25.8 Å². The maximum absolute atomic E-state index is 11.5. The minimum Gasteiger partial charge on any atom is -0.348 e. The second kappa shape index (κ2) is 7.79. The van der Waals surface area contributed by atoms with E-state index in [9.17, 15) is 9.59 Å². The smallest absolute Gasteiger partial charge is 0.309 e. The van der Waals surface area contributed by atoms with Gasteiger partial charge in [-0.15, -0.1) is 0 Å². The molecule has 0 aromatic heterocycles. The van der Waals surface area contributed by atoms with Crippen molar-refractivity contribution >= 4 is 23.4 Å². The van der Waals surface area contributed by atoms with Crippen molar-refractivity contribution in [1.29, 1.82) is 0 Å². The van der Waals surface area contributed by atoms with E-state index in [0.717, 1.165) is 12.0 Å². The summed E-state index contributed by atoms with van der Waals surface area (Å²) in [5.74, 6) is -1.18. The van der Waals surface area contributed by atoms with Crippen LogP contribution in [0, 0.1) is 0 Å². The highest BCUT2D eigenvalue weighted by molar-refractivity contribution is 6.35. The fourth-order valence-electron chi connectivity index (χ4n) is 1.48. The molecule has 0 aliphatic rings. The van der Waals surface area contributed by atoms with Gasteiger partial charge >= 0.3 is 11.8 Å². The zero-order chi connectivity index (χ0) is 14.3. The van der Waals surface area contributed by atoms with E-state index in [-0.39, 0.29) is 6.04 Å². The molecule has 0 radical (unpaired) electrons. The Morgan fingerprint density at radius 3 is 2.68 bits per heavy atom. The summed E-state index contributed by atoms with van der Waals surface area (Å²) in [6.07, 6.45) is 1.43. The third-order valence-corrected chi connectivity index (χ3v) is 3.02. The standard InChI is InChI=1S/C14H19ClN2O2/c1-3-10(2)17-14(19)13(18)16-8-7-11-5-4-6-12(15)9-11/h4-6,9-10H,3,7-8H2,1-2H3,(H,16,18)(H,17,19). The van der Waals surface area contributed by atoms with Crippen LogP contribution in [0.3, 0.4) is 0 Å². The molecule has 0 fully saturated rings. The van der Waals surface area contributed by atoms with Crippen LogP contribution in [-0.4, -0.2) is 24.4 Å². The van der Waals surface area contributed by atoms with Gasteiger partial charge in [-0.2, -0.15) is 0 Å². The molecule has 5 heteroatoms. The van der Waals surface area contributed by atoms with Gasteiger partial charge < -0.3 is 10.6 Å². The molecule has 0 aliphatic carbocycles. The summed E-state index contributed by atoms with van der Waals surface area (Å²) in [4.78, 5) is 23.0. The number of hydrogen-bond donors (Lipinski definition) is 2. The van der Waals surface area contributed by atoms with Gasteiger partial charge in [-0.3, -0.25) is 9.59 Å². The van der Waals surface area contributed by atoms with Crippen molar-refractivity contribution in [2.24, 2.45) is 0 Å². The van der Waals surface area contributed by atoms with Gasteiger partial charge in [0.05, 0.1) is 0 Å². The molecule has 2 N–H and O–H groups in total. The first-order chi connectivity index (χ1) is 9.02. The van der Waals surface area contributed by atoms with E-state index in [0.29, 0.717) is 18.0 Å². The van der Waals surface area contributed by atoms with Crippen molar-refractivity contribution in [3.05, 3.63) is 34.9 Å². The Kier molecular flexibility index (Phi) is 6.36. The Morgan fingerprint density at radius 2 is 2.05 bits per heavy atom. The van der Waals surface area contributed by atoms with Gasteiger partial charge in [-0.05, 0) is 37.5 Å². The number of benzene rings is 1. The van der Waals surface area contributed by atoms with Crippen molar-refractivity contribution in [2.45, 2.75) is 32.7 Å². The molecular weight excluding hydrogens is 264 g/mol. The van der Waals surface area contributed by atoms with Crippen molar-refractivity contribution in [3.63, 3.8) is 0 Å². The molecule has 1 rings (SSSR count). The summed E-state index contributed by atoms with van der Waals surface area (Å²) in [5.41, 5.74) is 1.02. The Balaban J connectivity index is 2.32. The Bertz CT molecular complexity index is 449. The first-order valence-electron chi connectivity index (χ1n) is 6.36. The summed E-state index contributed by atoms with van der Waals surface area (Å²) >= 11 is 5.86. The predicted molar refractivity (Wildman–Crippen MR) is 76.1 cm³/mol. The molecular formula is C14H19ClN2O2. The van der Waals surface area contributed by atoms with Crippen LogP contribution in [-0.2, 0) is 16.0 Å². The number of halogens is 1. The molecule has 0 spiro atoms. The Hall–Kier alpha value is -1.55. The highest BCUT2D eigenvalue weighted by atomic mass is 35.5. The molecule has 19 heavy (non-hydrogen) atoms. The fraction of sp³-hybridized carbons (Fsp3) is 0.429. The SMILES string of the molecule is CCC(C)NC(=O)C(=O)NCCc1cccc(Cl)c1. The summed E-state index contributed by atoms with van der Waals surface area (Å²) in [5, 5.41) is 5.87. The van der Waals surface area contributed by atoms with Crippen LogP contribution in [0.4, 0.5) is 0 Å². The largest absolute Gasteiger partial charge is 0.348 e. The molecule has 2 amide bonds. The second-order valence-electron chi connectivity index (χ2n) is 4.42. The summed E-state index contributed by atoms with van der Waals surface area (Å²) in [6, 6.07) is 7.42. The fourth-order valence-corrected chi connectivity index (χ4v) is 1.70. The monoisotopic (exact) mass is 282 g/mol. The highest BCUT2D eigenvalue weighted by Crippen LogP contribution is 2.10. The highest BCUT2D eigenvalue weighted by Gasteiger charge is 2.14. The van der Waals surface area contributed by atoms with E-state index in [4.69, 9.17) is 11.6 Å². The lowest BCUT2D eigenvalue weighted by atomic mass is 10.1. The van der Waals surface area contributed by atoms with E-state index >= 15 is 0 Å². The quantitative estimate of drug-likeness (QED) is 0.811. The average Bonchev–Trinajstić information content (AvgIpc) is 2.38. The molecule has 1 aromatic rings. The van der Waals surface area contributed by atoms with E-state index in [1.54, 1.807) is 6.07 Å². The molecule has 1 atom stereocenters. The van der Waals surface area contributed by atoms with Gasteiger partial charge in [0, 0.05) is 17.6 Å². The first kappa shape index (κ1) is 15.5. The lowest BCUT2D eigenvalue weighted by Gasteiger charge is -2.11. The number of carbonyl (C=O) groups is 2. The maximum Gasteiger partial charge on any atom is 0.309 e. The number of carbonyl (C=O) groups excluding carboxylic acids is 2. The molecule has 0 aliphatic heterocycles. The lowest BCUT2D eigenvalue weighted by Crippen LogP contribution is -2.43. The van der Waals surface area contributed by atoms with Gasteiger partial charge in [-0.25, -0.2) is 0 Å². The van der Waals surface area contributed by atoms with Crippen LogP contribution in [0.15, 0.2) is 24.3 Å². The zero-order valence-electron chi connectivity index (χ0n) is 11.2. The van der Waals surface area contributed by atoms with Crippen LogP contribution >= 0.6 is 11.6 Å². The number of amides is 2. The number of nitrogens with one attached hydrogen (secondary N) is 2. The van der Waals surface area contributed by atoms with Gasteiger partial charge in [-0.1, -0.05) is 30.7 Å². The van der Waals surface area contributed by atoms with E-state index in [2.05, 4.69) is 10.6 Å². The molecule has 0 bridgehead atoms. The molecule has 1 aromatic carbocycles. The number of rotatable bonds is 5. The van der Waals surface area contributed by atoms with Gasteiger partial charge in [0.15, 0.2) is 0 Å². The van der Waals surface area contributed by atoms with Crippen LogP contribution in [0.5, 0.6) is 0 Å². The predicted octanol–water partition coefficient (Wildman–Crippen LogP) is 1.91. The van der Waals surface area contributed by atoms with E-state index in [1.807, 2.05) is 32.0 Å². The summed E-state index contributed by atoms with van der Waals surface area (Å²) in [7, 11) is 0. The van der Waals surface area contributed by atoms with Crippen LogP contribution in [0.25, 0.3) is 0 Å². The minimum absolute atomic E-state index is 0.00572. The lowest BCUT2D eigenvalue weighted by molar-refractivity contribution is -0.139. The molecule has 0 heterocycles. The maximum atomic E-state index is 11.5. The molecule has 1 unspecified atom stereocenters. The van der Waals surface area contributed by atoms with Crippen molar-refractivity contribution in [2.75, 3.05) is 6.54 Å². The van der Waals surface area contributed by atoms with Gasteiger partial charge in [0.2, 0.25) is 0 Å². The third kappa shape index (κ3) is 5.75. The number of hydrogen-bond acceptors (Lipinski definition) is 2. The Labute approximate surface area is 118 Å². The molecule has 104 valence electrons. The molecule has 4 nitrogen and oxygen atoms in total. The van der Waals surface area contributed by atoms with Crippen LogP contribution in [0.2, 0.25) is 5.02 Å². The summed E-state index contributed by atoms with van der Waals surface area (Å²) < 4.78 is 0. The Morgan fingerprint density at radius 1 is 1.32 bits per heavy atom. The van der Waals surface area contributed by atoms with Crippen molar-refractivity contribution < 1.29 is 9.59 Å². The molecule has 0 saturated carbocycles. The third-order valence-electron chi connectivity index (χ3n) is 2.78. The zero-order valence-corrected chi connectivity index (χ0v) is 12.0. The van der Waals surface area contributed by atoms with Crippen molar-refractivity contribution in [3.8, 4) is 0 Å². The van der Waals surface area contributed by atoms with Gasteiger partial charge in [0.25, 0.3) is 0 Å². The molecule has 0 saturated heterocycles.